The molecule has 0 aliphatic rings. The van der Waals surface area contributed by atoms with Gasteiger partial charge in [-0.2, -0.15) is 0 Å². The summed E-state index contributed by atoms with van der Waals surface area (Å²) in [5.74, 6) is -1.15. The molecule has 0 saturated carbocycles. The average molecular weight is 258 g/mol. The zero-order valence-electron chi connectivity index (χ0n) is 10.6. The molecule has 3 nitrogen and oxygen atoms in total. The van der Waals surface area contributed by atoms with Gasteiger partial charge in [0.15, 0.2) is 0 Å². The molecule has 2 rings (SSSR count). The van der Waals surface area contributed by atoms with Crippen LogP contribution in [0.15, 0.2) is 42.5 Å². The van der Waals surface area contributed by atoms with Crippen LogP contribution in [0.2, 0.25) is 0 Å². The van der Waals surface area contributed by atoms with Crippen LogP contribution in [0.4, 0.5) is 15.8 Å². The van der Waals surface area contributed by atoms with Crippen LogP contribution in [0.1, 0.15) is 22.8 Å². The molecule has 19 heavy (non-hydrogen) atoms. The summed E-state index contributed by atoms with van der Waals surface area (Å²) < 4.78 is 13.6. The Kier molecular flexibility index (Phi) is 3.80. The summed E-state index contributed by atoms with van der Waals surface area (Å²) in [5.41, 5.74) is 7.33. The molecule has 0 saturated heterocycles. The quantitative estimate of drug-likeness (QED) is 0.830. The number of amides is 1. The number of para-hydroxylation sites is 1. The van der Waals surface area contributed by atoms with Crippen molar-refractivity contribution in [2.45, 2.75) is 13.3 Å². The highest BCUT2D eigenvalue weighted by atomic mass is 19.1. The zero-order valence-corrected chi connectivity index (χ0v) is 10.6. The number of carbonyl (C=O) groups excluding carboxylic acids is 1. The molecule has 0 aliphatic heterocycles. The van der Waals surface area contributed by atoms with Crippen LogP contribution in [0.25, 0.3) is 0 Å². The van der Waals surface area contributed by atoms with Crippen LogP contribution in [-0.4, -0.2) is 5.91 Å². The van der Waals surface area contributed by atoms with Gasteiger partial charge in [-0.3, -0.25) is 4.79 Å². The number of nitrogens with two attached hydrogens (primary N) is 1. The first kappa shape index (κ1) is 13.1. The number of hydrogen-bond donors (Lipinski definition) is 2. The van der Waals surface area contributed by atoms with Gasteiger partial charge < -0.3 is 11.1 Å². The molecular weight excluding hydrogens is 243 g/mol. The van der Waals surface area contributed by atoms with E-state index in [1.165, 1.54) is 18.2 Å². The number of aryl methyl sites for hydroxylation is 1. The van der Waals surface area contributed by atoms with E-state index in [0.717, 1.165) is 12.0 Å². The van der Waals surface area contributed by atoms with Crippen LogP contribution >= 0.6 is 0 Å². The molecule has 3 N–H and O–H groups in total. The second kappa shape index (κ2) is 5.52. The minimum atomic E-state index is -0.619. The topological polar surface area (TPSA) is 55.1 Å². The third-order valence-electron chi connectivity index (χ3n) is 2.92. The van der Waals surface area contributed by atoms with Gasteiger partial charge in [-0.1, -0.05) is 31.2 Å². The summed E-state index contributed by atoms with van der Waals surface area (Å²) in [7, 11) is 0. The van der Waals surface area contributed by atoms with Gasteiger partial charge in [-0.05, 0) is 30.2 Å². The smallest absolute Gasteiger partial charge is 0.260 e. The molecule has 0 fully saturated rings. The molecule has 0 bridgehead atoms. The SMILES string of the molecule is CCc1ccccc1NC(=O)c1c(N)cccc1F. The average Bonchev–Trinajstić information content (AvgIpc) is 2.39. The number of rotatable bonds is 3. The summed E-state index contributed by atoms with van der Waals surface area (Å²) in [5, 5.41) is 2.70. The zero-order chi connectivity index (χ0) is 13.8. The van der Waals surface area contributed by atoms with Crippen LogP contribution < -0.4 is 11.1 Å². The molecule has 0 radical (unpaired) electrons. The standard InChI is InChI=1S/C15H15FN2O/c1-2-10-6-3-4-9-13(10)18-15(19)14-11(16)7-5-8-12(14)17/h3-9H,2,17H2,1H3,(H,18,19). The highest BCUT2D eigenvalue weighted by Crippen LogP contribution is 2.20. The normalized spacial score (nSPS) is 10.2. The molecule has 0 aromatic heterocycles. The van der Waals surface area contributed by atoms with Crippen molar-refractivity contribution in [2.24, 2.45) is 0 Å². The molecule has 0 aliphatic carbocycles. The summed E-state index contributed by atoms with van der Waals surface area (Å²) >= 11 is 0. The number of hydrogen-bond acceptors (Lipinski definition) is 2. The maximum absolute atomic E-state index is 13.6. The van der Waals surface area contributed by atoms with Crippen LogP contribution in [-0.2, 0) is 6.42 Å². The largest absolute Gasteiger partial charge is 0.398 e. The van der Waals surface area contributed by atoms with Crippen molar-refractivity contribution in [1.29, 1.82) is 0 Å². The van der Waals surface area contributed by atoms with Gasteiger partial charge in [0, 0.05) is 11.4 Å². The lowest BCUT2D eigenvalue weighted by Gasteiger charge is -2.11. The van der Waals surface area contributed by atoms with E-state index in [1.54, 1.807) is 6.07 Å². The minimum Gasteiger partial charge on any atom is -0.398 e. The Morgan fingerprint density at radius 2 is 1.95 bits per heavy atom. The number of halogens is 1. The first-order chi connectivity index (χ1) is 9.13. The van der Waals surface area contributed by atoms with Gasteiger partial charge in [-0.25, -0.2) is 4.39 Å². The van der Waals surface area contributed by atoms with Gasteiger partial charge in [0.1, 0.15) is 5.82 Å². The number of anilines is 2. The highest BCUT2D eigenvalue weighted by Gasteiger charge is 2.15. The second-order valence-electron chi connectivity index (χ2n) is 4.17. The van der Waals surface area contributed by atoms with Crippen LogP contribution in [0.3, 0.4) is 0 Å². The van der Waals surface area contributed by atoms with E-state index in [-0.39, 0.29) is 11.3 Å². The molecule has 0 heterocycles. The van der Waals surface area contributed by atoms with Gasteiger partial charge in [0.05, 0.1) is 5.56 Å². The lowest BCUT2D eigenvalue weighted by Crippen LogP contribution is -2.16. The van der Waals surface area contributed by atoms with Gasteiger partial charge in [0.25, 0.3) is 5.91 Å². The third kappa shape index (κ3) is 2.73. The van der Waals surface area contributed by atoms with Crippen LogP contribution in [0, 0.1) is 5.82 Å². The first-order valence-corrected chi connectivity index (χ1v) is 6.06. The fraction of sp³-hybridized carbons (Fsp3) is 0.133. The van der Waals surface area contributed by atoms with Crippen molar-refractivity contribution in [3.63, 3.8) is 0 Å². The van der Waals surface area contributed by atoms with Crippen molar-refractivity contribution < 1.29 is 9.18 Å². The monoisotopic (exact) mass is 258 g/mol. The summed E-state index contributed by atoms with van der Waals surface area (Å²) in [4.78, 5) is 12.1. The van der Waals surface area contributed by atoms with E-state index in [0.29, 0.717) is 5.69 Å². The number of benzene rings is 2. The van der Waals surface area contributed by atoms with E-state index in [9.17, 15) is 9.18 Å². The van der Waals surface area contributed by atoms with Crippen molar-refractivity contribution in [3.8, 4) is 0 Å². The molecule has 0 unspecified atom stereocenters. The summed E-state index contributed by atoms with van der Waals surface area (Å²) in [6, 6.07) is 11.6. The molecule has 2 aromatic rings. The Morgan fingerprint density at radius 1 is 1.21 bits per heavy atom. The Bertz CT molecular complexity index is 591. The number of nitrogens with one attached hydrogen (secondary N) is 1. The van der Waals surface area contributed by atoms with E-state index < -0.39 is 11.7 Å². The Morgan fingerprint density at radius 3 is 2.63 bits per heavy atom. The maximum atomic E-state index is 13.6. The molecule has 1 amide bonds. The van der Waals surface area contributed by atoms with E-state index >= 15 is 0 Å². The lowest BCUT2D eigenvalue weighted by molar-refractivity contribution is 0.102. The van der Waals surface area contributed by atoms with Gasteiger partial charge >= 0.3 is 0 Å². The van der Waals surface area contributed by atoms with Gasteiger partial charge in [-0.15, -0.1) is 0 Å². The molecule has 98 valence electrons. The molecular formula is C15H15FN2O. The Hall–Kier alpha value is -2.36. The van der Waals surface area contributed by atoms with E-state index in [2.05, 4.69) is 5.32 Å². The van der Waals surface area contributed by atoms with Crippen molar-refractivity contribution in [3.05, 3.63) is 59.4 Å². The maximum Gasteiger partial charge on any atom is 0.260 e. The van der Waals surface area contributed by atoms with Crippen molar-refractivity contribution >= 4 is 17.3 Å². The number of carbonyl (C=O) groups is 1. The Labute approximate surface area is 111 Å². The fourth-order valence-electron chi connectivity index (χ4n) is 1.92. The molecule has 2 aromatic carbocycles. The van der Waals surface area contributed by atoms with Crippen LogP contribution in [0.5, 0.6) is 0 Å². The second-order valence-corrected chi connectivity index (χ2v) is 4.17. The summed E-state index contributed by atoms with van der Waals surface area (Å²) in [6.45, 7) is 1.99. The molecule has 4 heteroatoms. The minimum absolute atomic E-state index is 0.117. The summed E-state index contributed by atoms with van der Waals surface area (Å²) in [6.07, 6.45) is 0.781. The predicted octanol–water partition coefficient (Wildman–Crippen LogP) is 3.22. The number of nitrogen functional groups attached to an aromatic ring is 1. The molecule has 0 atom stereocenters. The predicted molar refractivity (Wildman–Crippen MR) is 74.6 cm³/mol. The van der Waals surface area contributed by atoms with E-state index in [1.807, 2.05) is 25.1 Å². The van der Waals surface area contributed by atoms with Crippen molar-refractivity contribution in [1.82, 2.24) is 0 Å². The first-order valence-electron chi connectivity index (χ1n) is 6.06. The fourth-order valence-corrected chi connectivity index (χ4v) is 1.92. The van der Waals surface area contributed by atoms with E-state index in [4.69, 9.17) is 5.73 Å². The third-order valence-corrected chi connectivity index (χ3v) is 2.92. The molecule has 0 spiro atoms. The van der Waals surface area contributed by atoms with Gasteiger partial charge in [0.2, 0.25) is 0 Å². The Balaban J connectivity index is 2.31. The lowest BCUT2D eigenvalue weighted by atomic mass is 10.1. The van der Waals surface area contributed by atoms with Crippen molar-refractivity contribution in [2.75, 3.05) is 11.1 Å². The highest BCUT2D eigenvalue weighted by molar-refractivity contribution is 6.08.